The zero-order valence-corrected chi connectivity index (χ0v) is 15.3. The molecule has 3 N–H and O–H groups in total. The molecule has 3 aromatic heterocycles. The number of nitrogens with two attached hydrogens (primary N) is 1. The van der Waals surface area contributed by atoms with Crippen LogP contribution in [0, 0.1) is 0 Å². The lowest BCUT2D eigenvalue weighted by Gasteiger charge is -2.35. The Hall–Kier alpha value is -2.40. The fourth-order valence-corrected chi connectivity index (χ4v) is 4.33. The highest BCUT2D eigenvalue weighted by Crippen LogP contribution is 2.40. The van der Waals surface area contributed by atoms with Crippen molar-refractivity contribution in [3.05, 3.63) is 23.3 Å². The van der Waals surface area contributed by atoms with E-state index in [9.17, 15) is 5.11 Å². The third-order valence-corrected chi connectivity index (χ3v) is 6.05. The van der Waals surface area contributed by atoms with Gasteiger partial charge in [-0.05, 0) is 6.07 Å². The van der Waals surface area contributed by atoms with Crippen LogP contribution in [0.2, 0.25) is 0 Å². The summed E-state index contributed by atoms with van der Waals surface area (Å²) in [6.07, 6.45) is 3.24. The van der Waals surface area contributed by atoms with Gasteiger partial charge in [0.05, 0.1) is 42.2 Å². The van der Waals surface area contributed by atoms with Gasteiger partial charge in [0.1, 0.15) is 5.60 Å². The SMILES string of the molecule is Nc1ncc(-c2nc(N3CCOCC3)c3sc(C4(O)COC4)cc3n2)cn1. The number of ether oxygens (including phenoxy) is 2. The fraction of sp³-hybridized carbons (Fsp3) is 0.412. The van der Waals surface area contributed by atoms with Gasteiger partial charge >= 0.3 is 0 Å². The van der Waals surface area contributed by atoms with E-state index in [1.54, 1.807) is 12.4 Å². The molecule has 3 aromatic rings. The Bertz CT molecular complexity index is 982. The Balaban J connectivity index is 1.66. The minimum absolute atomic E-state index is 0.207. The number of rotatable bonds is 3. The first kappa shape index (κ1) is 16.8. The highest BCUT2D eigenvalue weighted by atomic mass is 32.1. The summed E-state index contributed by atoms with van der Waals surface area (Å²) in [4.78, 5) is 20.6. The van der Waals surface area contributed by atoms with E-state index in [1.165, 1.54) is 11.3 Å². The minimum atomic E-state index is -0.932. The van der Waals surface area contributed by atoms with Crippen LogP contribution in [0.25, 0.3) is 21.6 Å². The van der Waals surface area contributed by atoms with Gasteiger partial charge in [-0.15, -0.1) is 11.3 Å². The zero-order chi connectivity index (χ0) is 18.4. The molecule has 2 fully saturated rings. The monoisotopic (exact) mass is 386 g/mol. The molecule has 0 atom stereocenters. The molecule has 0 radical (unpaired) electrons. The average Bonchev–Trinajstić information content (AvgIpc) is 3.11. The summed E-state index contributed by atoms with van der Waals surface area (Å²) in [5.41, 5.74) is 6.14. The van der Waals surface area contributed by atoms with E-state index in [0.29, 0.717) is 37.8 Å². The first-order valence-electron chi connectivity index (χ1n) is 8.65. The molecule has 10 heteroatoms. The molecule has 0 amide bonds. The van der Waals surface area contributed by atoms with Gasteiger partial charge in [-0.3, -0.25) is 0 Å². The summed E-state index contributed by atoms with van der Waals surface area (Å²) in [5, 5.41) is 10.7. The normalized spacial score (nSPS) is 19.2. The fourth-order valence-electron chi connectivity index (χ4n) is 3.15. The number of nitrogen functional groups attached to an aromatic ring is 1. The lowest BCUT2D eigenvalue weighted by Crippen LogP contribution is -2.45. The Morgan fingerprint density at radius 1 is 1.11 bits per heavy atom. The van der Waals surface area contributed by atoms with Gasteiger partial charge in [0, 0.05) is 30.4 Å². The highest BCUT2D eigenvalue weighted by molar-refractivity contribution is 7.19. The van der Waals surface area contributed by atoms with Crippen LogP contribution in [0.5, 0.6) is 0 Å². The Morgan fingerprint density at radius 3 is 2.52 bits per heavy atom. The van der Waals surface area contributed by atoms with Gasteiger partial charge in [-0.2, -0.15) is 0 Å². The maximum atomic E-state index is 10.7. The van der Waals surface area contributed by atoms with E-state index >= 15 is 0 Å². The first-order valence-corrected chi connectivity index (χ1v) is 9.47. The summed E-state index contributed by atoms with van der Waals surface area (Å²) in [6.45, 7) is 3.43. The predicted molar refractivity (Wildman–Crippen MR) is 101 cm³/mol. The van der Waals surface area contributed by atoms with Gasteiger partial charge < -0.3 is 25.2 Å². The summed E-state index contributed by atoms with van der Waals surface area (Å²) in [7, 11) is 0. The maximum Gasteiger partial charge on any atom is 0.219 e. The second-order valence-corrected chi connectivity index (χ2v) is 7.70. The van der Waals surface area contributed by atoms with Crippen molar-refractivity contribution in [2.24, 2.45) is 0 Å². The zero-order valence-electron chi connectivity index (χ0n) is 14.5. The lowest BCUT2D eigenvalue weighted by molar-refractivity contribution is -0.182. The molecule has 2 aliphatic rings. The number of fused-ring (bicyclic) bond motifs is 1. The van der Waals surface area contributed by atoms with Gasteiger partial charge in [0.2, 0.25) is 5.95 Å². The Labute approximate surface area is 158 Å². The molecule has 0 unspecified atom stereocenters. The van der Waals surface area contributed by atoms with Gasteiger partial charge in [-0.1, -0.05) is 0 Å². The molecule has 27 heavy (non-hydrogen) atoms. The second kappa shape index (κ2) is 6.34. The molecule has 5 rings (SSSR count). The van der Waals surface area contributed by atoms with E-state index in [0.717, 1.165) is 34.0 Å². The van der Waals surface area contributed by atoms with Crippen LogP contribution >= 0.6 is 11.3 Å². The third-order valence-electron chi connectivity index (χ3n) is 4.73. The van der Waals surface area contributed by atoms with Crippen molar-refractivity contribution < 1.29 is 14.6 Å². The quantitative estimate of drug-likeness (QED) is 0.673. The van der Waals surface area contributed by atoms with Crippen LogP contribution in [-0.4, -0.2) is 64.6 Å². The van der Waals surface area contributed by atoms with Crippen molar-refractivity contribution >= 4 is 33.3 Å². The molecule has 2 saturated heterocycles. The van der Waals surface area contributed by atoms with Crippen LogP contribution in [0.4, 0.5) is 11.8 Å². The summed E-state index contributed by atoms with van der Waals surface area (Å²) in [6, 6.07) is 1.93. The van der Waals surface area contributed by atoms with Gasteiger partial charge in [0.25, 0.3) is 0 Å². The summed E-state index contributed by atoms with van der Waals surface area (Å²) < 4.78 is 11.6. The molecular formula is C17H18N6O3S. The number of thiophene rings is 1. The third kappa shape index (κ3) is 2.90. The van der Waals surface area contributed by atoms with Crippen LogP contribution in [-0.2, 0) is 15.1 Å². The molecule has 0 aromatic carbocycles. The molecule has 5 heterocycles. The van der Waals surface area contributed by atoms with Crippen LogP contribution in [0.15, 0.2) is 18.5 Å². The van der Waals surface area contributed by atoms with E-state index < -0.39 is 5.60 Å². The molecule has 2 aliphatic heterocycles. The number of hydrogen-bond acceptors (Lipinski definition) is 10. The van der Waals surface area contributed by atoms with Crippen molar-refractivity contribution in [3.63, 3.8) is 0 Å². The topological polar surface area (TPSA) is 120 Å². The van der Waals surface area contributed by atoms with Crippen molar-refractivity contribution in [2.75, 3.05) is 50.2 Å². The summed E-state index contributed by atoms with van der Waals surface area (Å²) >= 11 is 1.52. The Kier molecular flexibility index (Phi) is 3.93. The largest absolute Gasteiger partial charge is 0.379 e. The number of aliphatic hydroxyl groups is 1. The van der Waals surface area contributed by atoms with Crippen molar-refractivity contribution in [2.45, 2.75) is 5.60 Å². The second-order valence-electron chi connectivity index (χ2n) is 6.65. The number of hydrogen-bond donors (Lipinski definition) is 2. The van der Waals surface area contributed by atoms with Gasteiger partial charge in [-0.25, -0.2) is 19.9 Å². The molecule has 0 saturated carbocycles. The number of morpholine rings is 1. The molecule has 0 bridgehead atoms. The molecule has 0 spiro atoms. The van der Waals surface area contributed by atoms with Crippen molar-refractivity contribution in [1.29, 1.82) is 0 Å². The molecule has 9 nitrogen and oxygen atoms in total. The van der Waals surface area contributed by atoms with Crippen molar-refractivity contribution in [3.8, 4) is 11.4 Å². The minimum Gasteiger partial charge on any atom is -0.379 e. The van der Waals surface area contributed by atoms with Crippen molar-refractivity contribution in [1.82, 2.24) is 19.9 Å². The highest BCUT2D eigenvalue weighted by Gasteiger charge is 2.40. The summed E-state index contributed by atoms with van der Waals surface area (Å²) in [5.74, 6) is 1.58. The number of anilines is 2. The predicted octanol–water partition coefficient (Wildman–Crippen LogP) is 0.785. The first-order chi connectivity index (χ1) is 13.1. The van der Waals surface area contributed by atoms with E-state index in [4.69, 9.17) is 25.2 Å². The van der Waals surface area contributed by atoms with Crippen LogP contribution in [0.3, 0.4) is 0 Å². The van der Waals surface area contributed by atoms with E-state index in [-0.39, 0.29) is 5.95 Å². The number of aromatic nitrogens is 4. The molecule has 0 aliphatic carbocycles. The Morgan fingerprint density at radius 2 is 1.85 bits per heavy atom. The standard InChI is InChI=1S/C17H18N6O3S/c18-16-19-6-10(7-20-16)14-21-11-5-12(17(24)8-26-9-17)27-13(11)15(22-14)23-1-3-25-4-2-23/h5-7,24H,1-4,8-9H2,(H2,18,19,20). The number of nitrogens with zero attached hydrogens (tertiary/aromatic N) is 5. The van der Waals surface area contributed by atoms with E-state index in [2.05, 4.69) is 14.9 Å². The van der Waals surface area contributed by atoms with Crippen LogP contribution in [0.1, 0.15) is 4.88 Å². The lowest BCUT2D eigenvalue weighted by atomic mass is 10.0. The van der Waals surface area contributed by atoms with Gasteiger partial charge in [0.15, 0.2) is 11.6 Å². The molecule has 140 valence electrons. The molecular weight excluding hydrogens is 368 g/mol. The van der Waals surface area contributed by atoms with Crippen LogP contribution < -0.4 is 10.6 Å². The van der Waals surface area contributed by atoms with E-state index in [1.807, 2.05) is 6.07 Å². The average molecular weight is 386 g/mol. The smallest absolute Gasteiger partial charge is 0.219 e. The maximum absolute atomic E-state index is 10.7.